The molecule has 0 aliphatic heterocycles. The van der Waals surface area contributed by atoms with Crippen LogP contribution in [0.2, 0.25) is 0 Å². The Morgan fingerprint density at radius 3 is 0.622 bits per heavy atom. The summed E-state index contributed by atoms with van der Waals surface area (Å²) < 4.78 is 2.75. The lowest BCUT2D eigenvalue weighted by Crippen LogP contribution is -2.56. The average molecular weight is 1110 g/mol. The van der Waals surface area contributed by atoms with Crippen LogP contribution in [0.4, 0.5) is 0 Å². The number of nitrogens with zero attached hydrogens (tertiary/aromatic N) is 1. The van der Waals surface area contributed by atoms with Crippen LogP contribution in [-0.4, -0.2) is 263 Å². The number of aromatic nitrogens is 1. The van der Waals surface area contributed by atoms with Gasteiger partial charge in [-0.2, -0.15) is 0 Å². The molecule has 0 aliphatic rings. The van der Waals surface area contributed by atoms with Crippen LogP contribution >= 0.6 is 0 Å². The third kappa shape index (κ3) is 7.52. The summed E-state index contributed by atoms with van der Waals surface area (Å²) in [6.07, 6.45) is 0. The van der Waals surface area contributed by atoms with Crippen molar-refractivity contribution in [3.05, 3.63) is 0 Å². The van der Waals surface area contributed by atoms with Gasteiger partial charge in [0.2, 0.25) is 0 Å². The van der Waals surface area contributed by atoms with Gasteiger partial charge in [-0.15, -0.1) is 21.9 Å². The average Bonchev–Trinajstić information content (AvgIpc) is 0.800. The highest BCUT2D eigenvalue weighted by molar-refractivity contribution is 6.80. The molecule has 0 N–H and O–H groups in total. The van der Waals surface area contributed by atoms with E-state index in [9.17, 15) is 0 Å². The molecular formula is C56H66B33N. The molecule has 0 radical (unpaired) electrons. The Kier molecular flexibility index (Phi) is 14.7. The maximum absolute atomic E-state index is 2.75. The first-order chi connectivity index (χ1) is 42.1. The van der Waals surface area contributed by atoms with E-state index in [4.69, 9.17) is 0 Å². The number of hydrogen-bond donors (Lipinski definition) is 0. The van der Waals surface area contributed by atoms with Gasteiger partial charge in [0, 0.05) is 22.1 Å². The van der Waals surface area contributed by atoms with Crippen molar-refractivity contribution in [1.82, 2.24) is 4.57 Å². The van der Waals surface area contributed by atoms with Crippen molar-refractivity contribution in [3.63, 3.8) is 0 Å². The van der Waals surface area contributed by atoms with Gasteiger partial charge in [0.25, 0.3) is 0 Å². The molecule has 34 heteroatoms. The molecule has 0 saturated heterocycles. The van der Waals surface area contributed by atoms with Crippen molar-refractivity contribution in [3.8, 4) is 39.1 Å². The highest BCUT2D eigenvalue weighted by atomic mass is 15.0. The second kappa shape index (κ2) is 20.8. The normalized spacial score (nSPS) is 12.1. The fourth-order valence-electron chi connectivity index (χ4n) is 19.5. The third-order valence-corrected chi connectivity index (χ3v) is 26.4. The van der Waals surface area contributed by atoms with E-state index in [1.54, 1.807) is 0 Å². The van der Waals surface area contributed by atoms with Crippen molar-refractivity contribution >= 4 is 526 Å². The van der Waals surface area contributed by atoms with Crippen LogP contribution in [0.5, 0.6) is 0 Å². The highest BCUT2D eigenvalue weighted by Crippen LogP contribution is 2.38. The van der Waals surface area contributed by atoms with E-state index in [-0.39, 0.29) is 0 Å². The summed E-state index contributed by atoms with van der Waals surface area (Å²) in [5, 5.41) is 20.1. The first kappa shape index (κ1) is 63.4. The predicted molar refractivity (Wildman–Crippen MR) is 514 cm³/mol. The molecule has 1 nitrogen and oxygen atoms in total. The van der Waals surface area contributed by atoms with E-state index in [1.165, 1.54) is 306 Å². The molecule has 0 aliphatic carbocycles. The van der Waals surface area contributed by atoms with Crippen molar-refractivity contribution in [2.45, 2.75) is 0 Å². The van der Waals surface area contributed by atoms with E-state index in [0.717, 1.165) is 0 Å². The quantitative estimate of drug-likeness (QED) is 0.122. The third-order valence-electron chi connectivity index (χ3n) is 26.4. The molecule has 1 heterocycles. The van der Waals surface area contributed by atoms with E-state index in [2.05, 4.69) is 263 Å². The molecule has 13 aromatic rings. The van der Waals surface area contributed by atoms with Crippen LogP contribution in [0, 0.1) is 0 Å². The SMILES string of the molecule is Bc1c(B)c(B)c(-n2c3c(B)c(B)c(B)c(B)c3c3c(B)c(-c4c(B)c(-c5c(B)c(B)c6c(B)c(B)c7c(B)c(B)c(B)c8c(B)c(B)c5c6c78)c(B)c(-c5c(B)c(B)c6c(B)c(B)c7c(B)c(B)c(B)c8c(B)c(B)c5c6c78)c4B)c(B)c(B)c32)c(B)c1B. The minimum Gasteiger partial charge on any atom is -0.312 e. The lowest BCUT2D eigenvalue weighted by molar-refractivity contribution is 1.22. The summed E-state index contributed by atoms with van der Waals surface area (Å²) in [6, 6.07) is 0. The first-order valence-electron chi connectivity index (χ1n) is 33.7. The lowest BCUT2D eigenvalue weighted by atomic mass is 9.55. The zero-order valence-corrected chi connectivity index (χ0v) is 61.4. The van der Waals surface area contributed by atoms with Crippen LogP contribution in [0.1, 0.15) is 0 Å². The zero-order chi connectivity index (χ0) is 65.9. The molecule has 0 unspecified atom stereocenters. The fraction of sp³-hybridized carbons (Fsp3) is 0. The maximum atomic E-state index is 2.75. The molecule has 0 saturated carbocycles. The van der Waals surface area contributed by atoms with E-state index in [1.807, 2.05) is 0 Å². The van der Waals surface area contributed by atoms with Gasteiger partial charge in [-0.1, -0.05) is 158 Å². The van der Waals surface area contributed by atoms with Crippen molar-refractivity contribution < 1.29 is 0 Å². The van der Waals surface area contributed by atoms with Crippen LogP contribution in [0.15, 0.2) is 0 Å². The Morgan fingerprint density at radius 2 is 0.289 bits per heavy atom. The molecule has 0 fully saturated rings. The summed E-state index contributed by atoms with van der Waals surface area (Å²) in [5.74, 6) is 0. The molecule has 90 heavy (non-hydrogen) atoms. The van der Waals surface area contributed by atoms with Crippen molar-refractivity contribution in [2.75, 3.05) is 0 Å². The number of rotatable bonds is 4. The zero-order valence-electron chi connectivity index (χ0n) is 61.4. The molecule has 1 aromatic heterocycles. The Balaban J connectivity index is 1.33. The number of benzene rings is 12. The van der Waals surface area contributed by atoms with Crippen molar-refractivity contribution in [2.24, 2.45) is 0 Å². The topological polar surface area (TPSA) is 4.93 Å². The Hall–Kier alpha value is -5.34. The fourth-order valence-corrected chi connectivity index (χ4v) is 19.5. The minimum absolute atomic E-state index is 1.34. The van der Waals surface area contributed by atoms with Crippen LogP contribution in [0.3, 0.4) is 0 Å². The first-order valence-corrected chi connectivity index (χ1v) is 33.7. The molecular weight excluding hydrogens is 1040 g/mol. The second-order valence-electron chi connectivity index (χ2n) is 29.5. The molecule has 0 spiro atoms. The van der Waals surface area contributed by atoms with Crippen LogP contribution in [0.25, 0.3) is 126 Å². The minimum atomic E-state index is 1.34. The summed E-state index contributed by atoms with van der Waals surface area (Å²) in [5.41, 5.74) is 58.5. The second-order valence-corrected chi connectivity index (χ2v) is 29.5. The van der Waals surface area contributed by atoms with Gasteiger partial charge in [-0.05, 0) is 103 Å². The summed E-state index contributed by atoms with van der Waals surface area (Å²) in [6.45, 7) is 0. The van der Waals surface area contributed by atoms with E-state index in [0.29, 0.717) is 0 Å². The van der Waals surface area contributed by atoms with Crippen LogP contribution < -0.4 is 180 Å². The van der Waals surface area contributed by atoms with Crippen molar-refractivity contribution in [1.29, 1.82) is 0 Å². The number of hydrogen-bond acceptors (Lipinski definition) is 0. The highest BCUT2D eigenvalue weighted by Gasteiger charge is 2.34. The Labute approximate surface area is 564 Å². The standard InChI is InChI=1S/C56H66B33N/c57-21-15(7-5-1-3-11(31(67)25(5)61)37(73)43(79)39(75)13(3)35(71)33(69)9(1)29(65)27(7)63)22(58)17(23(59)16(21)8-6-2-4-12(32(68)26(6)62)38(74)44(80)40(76)14(4)36(72)34(70)10(2)30(66)28(8)64)18-24(60)19-20-42(78)45(81)47(83)51(87)55(20)90(54(19)50(86)41(18)77)56-52(88)48(84)46(82)49(85)53(56)89/h57-89H2. The van der Waals surface area contributed by atoms with Gasteiger partial charge in [0.15, 0.2) is 0 Å². The maximum Gasteiger partial charge on any atom is 0.141 e. The smallest absolute Gasteiger partial charge is 0.141 e. The van der Waals surface area contributed by atoms with Gasteiger partial charge >= 0.3 is 0 Å². The predicted octanol–water partition coefficient (Wildman–Crippen LogP) is -41.9. The van der Waals surface area contributed by atoms with E-state index >= 15 is 0 Å². The van der Waals surface area contributed by atoms with Gasteiger partial charge < -0.3 is 4.57 Å². The molecule has 0 bridgehead atoms. The van der Waals surface area contributed by atoms with Gasteiger partial charge in [0.05, 0.1) is 0 Å². The number of fused-ring (bicyclic) bond motifs is 3. The summed E-state index contributed by atoms with van der Waals surface area (Å²) in [4.78, 5) is 0. The Bertz CT molecular complexity index is 5380. The summed E-state index contributed by atoms with van der Waals surface area (Å²) in [7, 11) is 80.0. The monoisotopic (exact) mass is 1120 g/mol. The largest absolute Gasteiger partial charge is 0.312 e. The molecule has 13 rings (SSSR count). The van der Waals surface area contributed by atoms with E-state index < -0.39 is 0 Å². The van der Waals surface area contributed by atoms with Gasteiger partial charge in [0.1, 0.15) is 259 Å². The van der Waals surface area contributed by atoms with Gasteiger partial charge in [-0.25, -0.2) is 0 Å². The molecule has 394 valence electrons. The summed E-state index contributed by atoms with van der Waals surface area (Å²) >= 11 is 0. The Morgan fingerprint density at radius 1 is 0.111 bits per heavy atom. The lowest BCUT2D eigenvalue weighted by Gasteiger charge is -2.34. The molecule has 0 atom stereocenters. The molecule has 0 amide bonds. The van der Waals surface area contributed by atoms with Crippen LogP contribution in [-0.2, 0) is 0 Å². The molecule has 12 aromatic carbocycles. The van der Waals surface area contributed by atoms with Gasteiger partial charge in [-0.3, -0.25) is 0 Å².